The fraction of sp³-hybridized carbons (Fsp3) is 0.278. The molecule has 2 rings (SSSR count). The van der Waals surface area contributed by atoms with Crippen LogP contribution in [-0.4, -0.2) is 25.5 Å². The van der Waals surface area contributed by atoms with Gasteiger partial charge in [0.05, 0.1) is 6.42 Å². The van der Waals surface area contributed by atoms with Gasteiger partial charge in [0.1, 0.15) is 0 Å². The third-order valence-electron chi connectivity index (χ3n) is 3.82. The molecule has 122 valence electrons. The van der Waals surface area contributed by atoms with Crippen molar-refractivity contribution in [2.45, 2.75) is 19.4 Å². The van der Waals surface area contributed by atoms with Crippen LogP contribution in [0.4, 0.5) is 5.69 Å². The summed E-state index contributed by atoms with van der Waals surface area (Å²) in [7, 11) is 2.01. The lowest BCUT2D eigenvalue weighted by Gasteiger charge is -2.27. The molecule has 5 heteroatoms. The van der Waals surface area contributed by atoms with E-state index in [2.05, 4.69) is 17.1 Å². The van der Waals surface area contributed by atoms with Crippen LogP contribution in [0, 0.1) is 0 Å². The molecule has 1 unspecified atom stereocenters. The number of nitrogens with zero attached hydrogens (tertiary/aromatic N) is 1. The maximum atomic E-state index is 12.1. The minimum Gasteiger partial charge on any atom is -0.370 e. The second-order valence-corrected chi connectivity index (χ2v) is 6.29. The number of benzene rings is 2. The molecule has 0 spiro atoms. The average molecular weight is 351 g/mol. The molecule has 2 aromatic carbocycles. The number of likely N-dealkylation sites (N-methyl/N-ethyl adjacent to an activating group) is 1. The van der Waals surface area contributed by atoms with Gasteiger partial charge in [0.15, 0.2) is 0 Å². The monoisotopic (exact) mass is 350 g/mol. The molecule has 0 aliphatic rings. The second-order valence-electron chi connectivity index (χ2n) is 5.48. The number of carbonyl (C=O) groups excluding carboxylic acids is 1. The quantitative estimate of drug-likeness (QED) is 0.847. The van der Waals surface area contributed by atoms with Crippen molar-refractivity contribution >= 4 is 34.8 Å². The molecule has 2 aromatic rings. The van der Waals surface area contributed by atoms with E-state index in [9.17, 15) is 4.79 Å². The average Bonchev–Trinajstić information content (AvgIpc) is 2.56. The summed E-state index contributed by atoms with van der Waals surface area (Å²) in [5.74, 6) is -0.0895. The Bertz CT molecular complexity index is 641. The number of rotatable bonds is 6. The van der Waals surface area contributed by atoms with Gasteiger partial charge in [0.2, 0.25) is 5.91 Å². The van der Waals surface area contributed by atoms with E-state index in [1.165, 1.54) is 0 Å². The first-order valence-corrected chi connectivity index (χ1v) is 8.22. The third kappa shape index (κ3) is 4.88. The van der Waals surface area contributed by atoms with Crippen molar-refractivity contribution in [3.8, 4) is 0 Å². The van der Waals surface area contributed by atoms with Gasteiger partial charge in [-0.15, -0.1) is 0 Å². The lowest BCUT2D eigenvalue weighted by atomic mass is 10.1. The summed E-state index contributed by atoms with van der Waals surface area (Å²) in [6.45, 7) is 2.61. The topological polar surface area (TPSA) is 32.3 Å². The van der Waals surface area contributed by atoms with Gasteiger partial charge in [-0.05, 0) is 36.8 Å². The Hall–Kier alpha value is -1.71. The number of carbonyl (C=O) groups is 1. The fourth-order valence-corrected chi connectivity index (χ4v) is 2.77. The first-order valence-electron chi connectivity index (χ1n) is 7.46. The molecule has 23 heavy (non-hydrogen) atoms. The van der Waals surface area contributed by atoms with Crippen LogP contribution in [0.3, 0.4) is 0 Å². The Morgan fingerprint density at radius 2 is 1.70 bits per heavy atom. The summed E-state index contributed by atoms with van der Waals surface area (Å²) in [4.78, 5) is 14.3. The minimum absolute atomic E-state index is 0.0895. The summed E-state index contributed by atoms with van der Waals surface area (Å²) < 4.78 is 0. The molecule has 0 bridgehead atoms. The molecule has 1 atom stereocenters. The molecule has 0 fully saturated rings. The van der Waals surface area contributed by atoms with E-state index in [-0.39, 0.29) is 18.4 Å². The molecular weight excluding hydrogens is 331 g/mol. The molecule has 0 aromatic heterocycles. The van der Waals surface area contributed by atoms with Gasteiger partial charge in [-0.25, -0.2) is 0 Å². The Labute approximate surface area is 147 Å². The van der Waals surface area contributed by atoms with Crippen LogP contribution in [-0.2, 0) is 11.2 Å². The van der Waals surface area contributed by atoms with Crippen molar-refractivity contribution in [3.05, 3.63) is 64.1 Å². The number of halogens is 2. The Balaban J connectivity index is 1.89. The van der Waals surface area contributed by atoms with Crippen LogP contribution in [0.2, 0.25) is 10.0 Å². The highest BCUT2D eigenvalue weighted by atomic mass is 35.5. The van der Waals surface area contributed by atoms with Gasteiger partial charge in [-0.1, -0.05) is 47.5 Å². The number of nitrogens with one attached hydrogen (secondary N) is 1. The number of para-hydroxylation sites is 1. The Morgan fingerprint density at radius 1 is 1.09 bits per heavy atom. The van der Waals surface area contributed by atoms with E-state index in [1.54, 1.807) is 18.2 Å². The normalized spacial score (nSPS) is 11.8. The van der Waals surface area contributed by atoms with Crippen LogP contribution in [0.15, 0.2) is 48.5 Å². The van der Waals surface area contributed by atoms with E-state index < -0.39 is 0 Å². The van der Waals surface area contributed by atoms with Gasteiger partial charge in [-0.3, -0.25) is 4.79 Å². The lowest BCUT2D eigenvalue weighted by Crippen LogP contribution is -2.40. The van der Waals surface area contributed by atoms with Crippen LogP contribution < -0.4 is 10.2 Å². The number of hydrogen-bond donors (Lipinski definition) is 1. The largest absolute Gasteiger partial charge is 0.370 e. The molecule has 1 amide bonds. The smallest absolute Gasteiger partial charge is 0.224 e. The highest BCUT2D eigenvalue weighted by molar-refractivity contribution is 6.36. The first kappa shape index (κ1) is 17.6. The van der Waals surface area contributed by atoms with Crippen molar-refractivity contribution in [1.82, 2.24) is 5.32 Å². The SMILES string of the molecule is CC(CNC(=O)Cc1c(Cl)cccc1Cl)N(C)c1ccccc1. The van der Waals surface area contributed by atoms with Crippen molar-refractivity contribution in [2.24, 2.45) is 0 Å². The van der Waals surface area contributed by atoms with Crippen LogP contribution >= 0.6 is 23.2 Å². The fourth-order valence-electron chi connectivity index (χ4n) is 2.24. The van der Waals surface area contributed by atoms with E-state index in [1.807, 2.05) is 37.4 Å². The van der Waals surface area contributed by atoms with Crippen LogP contribution in [0.25, 0.3) is 0 Å². The number of amides is 1. The van der Waals surface area contributed by atoms with Crippen LogP contribution in [0.5, 0.6) is 0 Å². The maximum Gasteiger partial charge on any atom is 0.224 e. The van der Waals surface area contributed by atoms with Gasteiger partial charge >= 0.3 is 0 Å². The van der Waals surface area contributed by atoms with Crippen molar-refractivity contribution in [3.63, 3.8) is 0 Å². The van der Waals surface area contributed by atoms with Gasteiger partial charge in [-0.2, -0.15) is 0 Å². The molecule has 0 heterocycles. The van der Waals surface area contributed by atoms with Crippen molar-refractivity contribution in [1.29, 1.82) is 0 Å². The molecule has 0 saturated carbocycles. The summed E-state index contributed by atoms with van der Waals surface area (Å²) in [5.41, 5.74) is 1.78. The van der Waals surface area contributed by atoms with E-state index in [4.69, 9.17) is 23.2 Å². The zero-order valence-electron chi connectivity index (χ0n) is 13.2. The zero-order chi connectivity index (χ0) is 16.8. The molecule has 0 aliphatic carbocycles. The van der Waals surface area contributed by atoms with E-state index >= 15 is 0 Å². The molecular formula is C18H20Cl2N2O. The van der Waals surface area contributed by atoms with Crippen molar-refractivity contribution < 1.29 is 4.79 Å². The third-order valence-corrected chi connectivity index (χ3v) is 4.53. The standard InChI is InChI=1S/C18H20Cl2N2O/c1-13(22(2)14-7-4-3-5-8-14)12-21-18(23)11-15-16(19)9-6-10-17(15)20/h3-10,13H,11-12H2,1-2H3,(H,21,23). The van der Waals surface area contributed by atoms with E-state index in [0.717, 1.165) is 5.69 Å². The Morgan fingerprint density at radius 3 is 2.30 bits per heavy atom. The lowest BCUT2D eigenvalue weighted by molar-refractivity contribution is -0.120. The van der Waals surface area contributed by atoms with E-state index in [0.29, 0.717) is 22.2 Å². The van der Waals surface area contributed by atoms with Gasteiger partial charge < -0.3 is 10.2 Å². The predicted molar refractivity (Wildman–Crippen MR) is 97.5 cm³/mol. The molecule has 0 radical (unpaired) electrons. The van der Waals surface area contributed by atoms with Gasteiger partial charge in [0.25, 0.3) is 0 Å². The Kier molecular flexibility index (Phi) is 6.31. The summed E-state index contributed by atoms with van der Waals surface area (Å²) in [5, 5.41) is 3.97. The zero-order valence-corrected chi connectivity index (χ0v) is 14.7. The molecule has 1 N–H and O–H groups in total. The molecule has 3 nitrogen and oxygen atoms in total. The summed E-state index contributed by atoms with van der Waals surface area (Å²) in [6, 6.07) is 15.5. The number of anilines is 1. The maximum absolute atomic E-state index is 12.1. The van der Waals surface area contributed by atoms with Crippen LogP contribution in [0.1, 0.15) is 12.5 Å². The molecule has 0 saturated heterocycles. The minimum atomic E-state index is -0.0895. The second kappa shape index (κ2) is 8.23. The van der Waals surface area contributed by atoms with Crippen molar-refractivity contribution in [2.75, 3.05) is 18.5 Å². The highest BCUT2D eigenvalue weighted by Gasteiger charge is 2.14. The summed E-state index contributed by atoms with van der Waals surface area (Å²) in [6.07, 6.45) is 0.181. The van der Waals surface area contributed by atoms with Gasteiger partial charge in [0, 0.05) is 35.4 Å². The first-order chi connectivity index (χ1) is 11.0. The predicted octanol–water partition coefficient (Wildman–Crippen LogP) is 4.18. The summed E-state index contributed by atoms with van der Waals surface area (Å²) >= 11 is 12.2. The number of hydrogen-bond acceptors (Lipinski definition) is 2. The molecule has 0 aliphatic heterocycles. The highest BCUT2D eigenvalue weighted by Crippen LogP contribution is 2.24.